The van der Waals surface area contributed by atoms with E-state index in [1.165, 1.54) is 0 Å². The molecule has 150 valence electrons. The van der Waals surface area contributed by atoms with Crippen molar-refractivity contribution in [3.63, 3.8) is 0 Å². The van der Waals surface area contributed by atoms with Gasteiger partial charge in [-0.25, -0.2) is 4.98 Å². The van der Waals surface area contributed by atoms with Crippen LogP contribution in [-0.2, 0) is 0 Å². The summed E-state index contributed by atoms with van der Waals surface area (Å²) in [6.45, 7) is 0. The van der Waals surface area contributed by atoms with Crippen molar-refractivity contribution < 1.29 is 4.52 Å². The number of anilines is 4. The third-order valence-corrected chi connectivity index (χ3v) is 4.66. The zero-order chi connectivity index (χ0) is 20.5. The Morgan fingerprint density at radius 2 is 1.83 bits per heavy atom. The lowest BCUT2D eigenvalue weighted by Gasteiger charge is -2.17. The molecule has 0 saturated heterocycles. The lowest BCUT2D eigenvalue weighted by Crippen LogP contribution is -2.15. The van der Waals surface area contributed by atoms with Gasteiger partial charge in [-0.3, -0.25) is 0 Å². The Bertz CT molecular complexity index is 1170. The predicted molar refractivity (Wildman–Crippen MR) is 112 cm³/mol. The third kappa shape index (κ3) is 3.62. The molecular weight excluding hydrogens is 382 g/mol. The molecule has 0 radical (unpaired) electrons. The van der Waals surface area contributed by atoms with Crippen LogP contribution >= 0.6 is 0 Å². The first kappa shape index (κ1) is 18.0. The maximum atomic E-state index is 5.92. The number of nitrogens with zero attached hydrogens (tertiary/aromatic N) is 7. The number of para-hydroxylation sites is 1. The number of rotatable bonds is 6. The summed E-state index contributed by atoms with van der Waals surface area (Å²) >= 11 is 0. The van der Waals surface area contributed by atoms with Crippen molar-refractivity contribution in [2.45, 2.75) is 18.9 Å². The van der Waals surface area contributed by atoms with E-state index in [4.69, 9.17) is 10.3 Å². The second kappa shape index (κ2) is 7.39. The average Bonchev–Trinajstić information content (AvgIpc) is 3.45. The molecule has 0 aliphatic heterocycles. The van der Waals surface area contributed by atoms with Crippen molar-refractivity contribution in [1.82, 2.24) is 30.1 Å². The number of aromatic nitrogens is 6. The van der Waals surface area contributed by atoms with Gasteiger partial charge in [0.1, 0.15) is 0 Å². The Balaban J connectivity index is 1.48. The molecule has 10 nitrogen and oxygen atoms in total. The highest BCUT2D eigenvalue weighted by atomic mass is 16.5. The predicted octanol–water partition coefficient (Wildman–Crippen LogP) is 2.91. The van der Waals surface area contributed by atoms with Gasteiger partial charge in [-0.1, -0.05) is 23.4 Å². The van der Waals surface area contributed by atoms with Crippen LogP contribution in [0.25, 0.3) is 23.2 Å². The number of nitrogen functional groups attached to an aromatic ring is 1. The van der Waals surface area contributed by atoms with Gasteiger partial charge in [0.15, 0.2) is 5.69 Å². The molecule has 3 N–H and O–H groups in total. The molecule has 0 bridgehead atoms. The van der Waals surface area contributed by atoms with E-state index in [-0.39, 0.29) is 23.5 Å². The molecule has 0 atom stereocenters. The monoisotopic (exact) mass is 401 g/mol. The maximum Gasteiger partial charge on any atom is 0.279 e. The van der Waals surface area contributed by atoms with Crippen molar-refractivity contribution >= 4 is 23.3 Å². The van der Waals surface area contributed by atoms with Crippen LogP contribution in [-0.4, -0.2) is 43.2 Å². The fraction of sp³-hybridized carbons (Fsp3) is 0.200. The van der Waals surface area contributed by atoms with Crippen LogP contribution in [0.3, 0.4) is 0 Å². The third-order valence-electron chi connectivity index (χ3n) is 4.66. The minimum absolute atomic E-state index is 0.0676. The van der Waals surface area contributed by atoms with Crippen LogP contribution in [0.4, 0.5) is 23.3 Å². The zero-order valence-electron chi connectivity index (χ0n) is 16.2. The lowest BCUT2D eigenvalue weighted by molar-refractivity contribution is 0.430. The number of pyridine rings is 1. The largest absolute Gasteiger partial charge is 0.380 e. The Morgan fingerprint density at radius 3 is 2.63 bits per heavy atom. The van der Waals surface area contributed by atoms with Crippen molar-refractivity contribution in [3.8, 4) is 23.2 Å². The van der Waals surface area contributed by atoms with Crippen molar-refractivity contribution in [2.24, 2.45) is 0 Å². The van der Waals surface area contributed by atoms with E-state index in [1.807, 2.05) is 49.5 Å². The molecule has 0 amide bonds. The quantitative estimate of drug-likeness (QED) is 0.497. The Hall–Kier alpha value is -4.08. The smallest absolute Gasteiger partial charge is 0.279 e. The van der Waals surface area contributed by atoms with Gasteiger partial charge in [0.05, 0.1) is 5.69 Å². The molecule has 0 unspecified atom stereocenters. The molecule has 1 fully saturated rings. The standard InChI is InChI=1S/C20H19N9O/c1-29(13-6-3-2-4-7-13)20-26-16(25-19(21)27-20)17-24-18(30-28-17)15-14(8-5-11-22-15)23-12-9-10-12/h2-8,11-12,23H,9-10H2,1H3,(H2,21,25,26,27). The topological polar surface area (TPSA) is 132 Å². The number of hydrogen-bond donors (Lipinski definition) is 2. The summed E-state index contributed by atoms with van der Waals surface area (Å²) in [5.74, 6) is 1.17. The summed E-state index contributed by atoms with van der Waals surface area (Å²) in [6, 6.07) is 14.0. The molecule has 1 saturated carbocycles. The summed E-state index contributed by atoms with van der Waals surface area (Å²) in [5, 5.41) is 7.46. The molecular formula is C20H19N9O. The van der Waals surface area contributed by atoms with Gasteiger partial charge >= 0.3 is 0 Å². The molecule has 1 aliphatic rings. The van der Waals surface area contributed by atoms with Gasteiger partial charge in [0, 0.05) is 25.0 Å². The molecule has 4 aromatic rings. The van der Waals surface area contributed by atoms with Crippen LogP contribution < -0.4 is 16.0 Å². The SMILES string of the molecule is CN(c1ccccc1)c1nc(N)nc(-c2noc(-c3ncccc3NC3CC3)n2)n1. The molecule has 10 heteroatoms. The summed E-state index contributed by atoms with van der Waals surface area (Å²) in [4.78, 5) is 23.5. The van der Waals surface area contributed by atoms with Gasteiger partial charge < -0.3 is 20.5 Å². The lowest BCUT2D eigenvalue weighted by atomic mass is 10.3. The molecule has 0 spiro atoms. The van der Waals surface area contributed by atoms with Crippen LogP contribution in [0.15, 0.2) is 53.2 Å². The van der Waals surface area contributed by atoms with Gasteiger partial charge in [0.25, 0.3) is 5.89 Å². The fourth-order valence-corrected chi connectivity index (χ4v) is 2.95. The second-order valence-electron chi connectivity index (χ2n) is 6.95. The first-order chi connectivity index (χ1) is 14.7. The summed E-state index contributed by atoms with van der Waals surface area (Å²) < 4.78 is 5.45. The van der Waals surface area contributed by atoms with Crippen LogP contribution in [0.2, 0.25) is 0 Å². The second-order valence-corrected chi connectivity index (χ2v) is 6.95. The van der Waals surface area contributed by atoms with Gasteiger partial charge in [-0.2, -0.15) is 19.9 Å². The zero-order valence-corrected chi connectivity index (χ0v) is 16.2. The molecule has 5 rings (SSSR count). The van der Waals surface area contributed by atoms with Crippen LogP contribution in [0, 0.1) is 0 Å². The first-order valence-corrected chi connectivity index (χ1v) is 9.54. The normalized spacial score (nSPS) is 13.2. The highest BCUT2D eigenvalue weighted by Gasteiger charge is 2.24. The minimum Gasteiger partial charge on any atom is -0.380 e. The fourth-order valence-electron chi connectivity index (χ4n) is 2.95. The van der Waals surface area contributed by atoms with Crippen molar-refractivity contribution in [1.29, 1.82) is 0 Å². The number of hydrogen-bond acceptors (Lipinski definition) is 10. The van der Waals surface area contributed by atoms with Gasteiger partial charge in [-0.15, -0.1) is 0 Å². The van der Waals surface area contributed by atoms with Crippen LogP contribution in [0.1, 0.15) is 12.8 Å². The molecule has 1 aliphatic carbocycles. The summed E-state index contributed by atoms with van der Waals surface area (Å²) in [6.07, 6.45) is 3.97. The summed E-state index contributed by atoms with van der Waals surface area (Å²) in [7, 11) is 1.85. The number of benzene rings is 1. The van der Waals surface area contributed by atoms with E-state index < -0.39 is 0 Å². The highest BCUT2D eigenvalue weighted by Crippen LogP contribution is 2.31. The van der Waals surface area contributed by atoms with E-state index in [2.05, 4.69) is 35.4 Å². The van der Waals surface area contributed by atoms with E-state index in [9.17, 15) is 0 Å². The van der Waals surface area contributed by atoms with E-state index in [0.717, 1.165) is 24.2 Å². The minimum atomic E-state index is 0.0676. The van der Waals surface area contributed by atoms with Crippen molar-refractivity contribution in [3.05, 3.63) is 48.7 Å². The van der Waals surface area contributed by atoms with E-state index in [0.29, 0.717) is 17.7 Å². The Morgan fingerprint density at radius 1 is 1.00 bits per heavy atom. The van der Waals surface area contributed by atoms with E-state index >= 15 is 0 Å². The molecule has 1 aromatic carbocycles. The molecule has 3 heterocycles. The number of nitrogens with two attached hydrogens (primary N) is 1. The first-order valence-electron chi connectivity index (χ1n) is 9.54. The summed E-state index contributed by atoms with van der Waals surface area (Å²) in [5.41, 5.74) is 8.27. The average molecular weight is 401 g/mol. The maximum absolute atomic E-state index is 5.92. The highest BCUT2D eigenvalue weighted by molar-refractivity contribution is 5.69. The van der Waals surface area contributed by atoms with E-state index in [1.54, 1.807) is 11.1 Å². The molecule has 3 aromatic heterocycles. The van der Waals surface area contributed by atoms with Crippen LogP contribution in [0.5, 0.6) is 0 Å². The van der Waals surface area contributed by atoms with Gasteiger partial charge in [0.2, 0.25) is 23.5 Å². The molecule has 30 heavy (non-hydrogen) atoms. The Labute approximate surface area is 172 Å². The van der Waals surface area contributed by atoms with Gasteiger partial charge in [-0.05, 0) is 37.1 Å². The Kier molecular flexibility index (Phi) is 4.43. The van der Waals surface area contributed by atoms with Crippen molar-refractivity contribution in [2.75, 3.05) is 23.0 Å². The number of nitrogens with one attached hydrogen (secondary N) is 1.